The highest BCUT2D eigenvalue weighted by molar-refractivity contribution is 9.10. The summed E-state index contributed by atoms with van der Waals surface area (Å²) in [5.41, 5.74) is 7.84. The fraction of sp³-hybridized carbons (Fsp3) is 0.143. The van der Waals surface area contributed by atoms with E-state index in [-0.39, 0.29) is 5.75 Å². The number of halogens is 1. The molecular formula is C14H14BrNO2S. The van der Waals surface area contributed by atoms with Gasteiger partial charge in [-0.25, -0.2) is 8.42 Å². The van der Waals surface area contributed by atoms with Crippen LogP contribution in [0.25, 0.3) is 0 Å². The van der Waals surface area contributed by atoms with E-state index in [1.165, 1.54) is 0 Å². The molecule has 0 radical (unpaired) electrons. The number of nitrogen functional groups attached to an aromatic ring is 1. The van der Waals surface area contributed by atoms with Gasteiger partial charge in [-0.05, 0) is 48.4 Å². The van der Waals surface area contributed by atoms with Crippen LogP contribution in [0.3, 0.4) is 0 Å². The maximum absolute atomic E-state index is 12.3. The van der Waals surface area contributed by atoms with Gasteiger partial charge in [0.1, 0.15) is 0 Å². The first-order valence-electron chi connectivity index (χ1n) is 5.72. The van der Waals surface area contributed by atoms with Gasteiger partial charge in [0, 0.05) is 10.2 Å². The largest absolute Gasteiger partial charge is 0.399 e. The standard InChI is InChI=1S/C14H14BrNO2S/c1-10-8-13(6-7-14(10)16)19(17,18)9-11-2-4-12(15)5-3-11/h2-8H,9,16H2,1H3. The predicted octanol–water partition coefficient (Wildman–Crippen LogP) is 3.31. The van der Waals surface area contributed by atoms with Gasteiger partial charge >= 0.3 is 0 Å². The second-order valence-corrected chi connectivity index (χ2v) is 7.31. The van der Waals surface area contributed by atoms with Crippen LogP contribution in [0.5, 0.6) is 0 Å². The summed E-state index contributed by atoms with van der Waals surface area (Å²) in [5.74, 6) is -0.0103. The van der Waals surface area contributed by atoms with E-state index in [2.05, 4.69) is 15.9 Å². The van der Waals surface area contributed by atoms with E-state index in [4.69, 9.17) is 5.73 Å². The summed E-state index contributed by atoms with van der Waals surface area (Å²) in [6, 6.07) is 12.1. The first-order valence-corrected chi connectivity index (χ1v) is 8.16. The molecule has 0 bridgehead atoms. The Hall–Kier alpha value is -1.33. The summed E-state index contributed by atoms with van der Waals surface area (Å²) in [4.78, 5) is 0.308. The number of hydrogen-bond acceptors (Lipinski definition) is 3. The minimum absolute atomic E-state index is 0.0103. The van der Waals surface area contributed by atoms with Gasteiger partial charge in [-0.2, -0.15) is 0 Å². The van der Waals surface area contributed by atoms with Crippen molar-refractivity contribution in [1.29, 1.82) is 0 Å². The summed E-state index contributed by atoms with van der Waals surface area (Å²) in [6.45, 7) is 1.80. The molecular weight excluding hydrogens is 326 g/mol. The molecule has 0 fully saturated rings. The Morgan fingerprint density at radius 1 is 1.11 bits per heavy atom. The van der Waals surface area contributed by atoms with Crippen molar-refractivity contribution < 1.29 is 8.42 Å². The van der Waals surface area contributed by atoms with E-state index >= 15 is 0 Å². The van der Waals surface area contributed by atoms with E-state index in [1.54, 1.807) is 37.3 Å². The molecule has 19 heavy (non-hydrogen) atoms. The summed E-state index contributed by atoms with van der Waals surface area (Å²) in [5, 5.41) is 0. The molecule has 0 saturated carbocycles. The number of sulfone groups is 1. The van der Waals surface area contributed by atoms with E-state index in [0.29, 0.717) is 10.6 Å². The topological polar surface area (TPSA) is 60.2 Å². The van der Waals surface area contributed by atoms with Crippen LogP contribution in [0.2, 0.25) is 0 Å². The molecule has 3 nitrogen and oxygen atoms in total. The van der Waals surface area contributed by atoms with Gasteiger partial charge in [-0.15, -0.1) is 0 Å². The van der Waals surface area contributed by atoms with Crippen molar-refractivity contribution in [3.63, 3.8) is 0 Å². The molecule has 0 aliphatic rings. The SMILES string of the molecule is Cc1cc(S(=O)(=O)Cc2ccc(Br)cc2)ccc1N. The van der Waals surface area contributed by atoms with Crippen LogP contribution in [0.15, 0.2) is 51.8 Å². The van der Waals surface area contributed by atoms with Crippen molar-refractivity contribution in [2.75, 3.05) is 5.73 Å². The van der Waals surface area contributed by atoms with Crippen molar-refractivity contribution in [1.82, 2.24) is 0 Å². The molecule has 5 heteroatoms. The molecule has 0 spiro atoms. The molecule has 0 aliphatic heterocycles. The number of hydrogen-bond donors (Lipinski definition) is 1. The zero-order chi connectivity index (χ0) is 14.0. The number of rotatable bonds is 3. The van der Waals surface area contributed by atoms with E-state index in [1.807, 2.05) is 12.1 Å². The van der Waals surface area contributed by atoms with Gasteiger partial charge in [0.15, 0.2) is 9.84 Å². The van der Waals surface area contributed by atoms with Crippen LogP contribution >= 0.6 is 15.9 Å². The highest BCUT2D eigenvalue weighted by Crippen LogP contribution is 2.21. The Morgan fingerprint density at radius 2 is 1.74 bits per heavy atom. The van der Waals surface area contributed by atoms with Crippen LogP contribution in [0, 0.1) is 6.92 Å². The summed E-state index contributed by atoms with van der Waals surface area (Å²) in [7, 11) is -3.34. The van der Waals surface area contributed by atoms with E-state index < -0.39 is 9.84 Å². The predicted molar refractivity (Wildman–Crippen MR) is 80.6 cm³/mol. The van der Waals surface area contributed by atoms with Gasteiger partial charge < -0.3 is 5.73 Å². The van der Waals surface area contributed by atoms with Crippen molar-refractivity contribution in [3.05, 3.63) is 58.1 Å². The highest BCUT2D eigenvalue weighted by atomic mass is 79.9. The first-order chi connectivity index (χ1) is 8.88. The Balaban J connectivity index is 2.32. The Labute approximate surface area is 121 Å². The zero-order valence-corrected chi connectivity index (χ0v) is 12.8. The second kappa shape index (κ2) is 5.35. The lowest BCUT2D eigenvalue weighted by atomic mass is 10.2. The normalized spacial score (nSPS) is 11.5. The number of nitrogens with two attached hydrogens (primary N) is 1. The molecule has 0 atom stereocenters. The molecule has 2 rings (SSSR count). The summed E-state index contributed by atoms with van der Waals surface area (Å²) < 4.78 is 25.5. The maximum Gasteiger partial charge on any atom is 0.182 e. The minimum atomic E-state index is -3.34. The third-order valence-corrected chi connectivity index (χ3v) is 5.08. The van der Waals surface area contributed by atoms with Crippen LogP contribution in [-0.4, -0.2) is 8.42 Å². The first kappa shape index (κ1) is 14.1. The van der Waals surface area contributed by atoms with Gasteiger partial charge in [-0.1, -0.05) is 28.1 Å². The summed E-state index contributed by atoms with van der Waals surface area (Å²) >= 11 is 3.32. The third kappa shape index (κ3) is 3.36. The molecule has 0 amide bonds. The molecule has 2 N–H and O–H groups in total. The van der Waals surface area contributed by atoms with Crippen molar-refractivity contribution in [2.45, 2.75) is 17.6 Å². The van der Waals surface area contributed by atoms with Crippen LogP contribution < -0.4 is 5.73 Å². The monoisotopic (exact) mass is 339 g/mol. The molecule has 0 aromatic heterocycles. The fourth-order valence-corrected chi connectivity index (χ4v) is 3.42. The van der Waals surface area contributed by atoms with E-state index in [9.17, 15) is 8.42 Å². The number of anilines is 1. The van der Waals surface area contributed by atoms with Crippen LogP contribution in [0.1, 0.15) is 11.1 Å². The van der Waals surface area contributed by atoms with Crippen LogP contribution in [-0.2, 0) is 15.6 Å². The Morgan fingerprint density at radius 3 is 2.32 bits per heavy atom. The number of aryl methyl sites for hydroxylation is 1. The highest BCUT2D eigenvalue weighted by Gasteiger charge is 2.16. The molecule has 0 saturated heterocycles. The van der Waals surface area contributed by atoms with Crippen molar-refractivity contribution in [2.24, 2.45) is 0 Å². The van der Waals surface area contributed by atoms with E-state index in [0.717, 1.165) is 15.6 Å². The Kier molecular flexibility index (Phi) is 3.96. The molecule has 0 aliphatic carbocycles. The smallest absolute Gasteiger partial charge is 0.182 e. The lowest BCUT2D eigenvalue weighted by molar-refractivity contribution is 0.595. The average molecular weight is 340 g/mol. The molecule has 2 aromatic carbocycles. The Bertz CT molecular complexity index is 694. The third-order valence-electron chi connectivity index (χ3n) is 2.87. The lowest BCUT2D eigenvalue weighted by Crippen LogP contribution is -2.05. The fourth-order valence-electron chi connectivity index (χ4n) is 1.73. The molecule has 100 valence electrons. The maximum atomic E-state index is 12.3. The molecule has 0 unspecified atom stereocenters. The van der Waals surface area contributed by atoms with Crippen molar-refractivity contribution >= 4 is 31.5 Å². The lowest BCUT2D eigenvalue weighted by Gasteiger charge is -2.07. The van der Waals surface area contributed by atoms with Gasteiger partial charge in [0.05, 0.1) is 10.6 Å². The molecule has 2 aromatic rings. The number of benzene rings is 2. The van der Waals surface area contributed by atoms with Gasteiger partial charge in [0.2, 0.25) is 0 Å². The minimum Gasteiger partial charge on any atom is -0.399 e. The zero-order valence-electron chi connectivity index (χ0n) is 10.4. The average Bonchev–Trinajstić information content (AvgIpc) is 2.35. The summed E-state index contributed by atoms with van der Waals surface area (Å²) in [6.07, 6.45) is 0. The van der Waals surface area contributed by atoms with Crippen molar-refractivity contribution in [3.8, 4) is 0 Å². The van der Waals surface area contributed by atoms with Gasteiger partial charge in [-0.3, -0.25) is 0 Å². The second-order valence-electron chi connectivity index (χ2n) is 4.40. The van der Waals surface area contributed by atoms with Gasteiger partial charge in [0.25, 0.3) is 0 Å². The van der Waals surface area contributed by atoms with Crippen LogP contribution in [0.4, 0.5) is 5.69 Å². The molecule has 0 heterocycles. The quantitative estimate of drug-likeness (QED) is 0.872.